The van der Waals surface area contributed by atoms with Gasteiger partial charge in [-0.1, -0.05) is 41.4 Å². The van der Waals surface area contributed by atoms with Crippen molar-refractivity contribution in [3.05, 3.63) is 58.1 Å². The van der Waals surface area contributed by atoms with Crippen molar-refractivity contribution >= 4 is 17.9 Å². The number of carbonyl (C=O) groups excluding carboxylic acids is 1. The Hall–Kier alpha value is -1.60. The van der Waals surface area contributed by atoms with Crippen molar-refractivity contribution in [1.29, 1.82) is 0 Å². The number of benzene rings is 2. The first-order valence-corrected chi connectivity index (χ1v) is 5.82. The summed E-state index contributed by atoms with van der Waals surface area (Å²) in [5.74, 6) is 0. The molecule has 2 heteroatoms. The molecule has 0 amide bonds. The summed E-state index contributed by atoms with van der Waals surface area (Å²) < 4.78 is 0. The maximum atomic E-state index is 11.1. The minimum absolute atomic E-state index is 0.584. The van der Waals surface area contributed by atoms with Gasteiger partial charge in [-0.25, -0.2) is 0 Å². The Labute approximate surface area is 106 Å². The highest BCUT2D eigenvalue weighted by Gasteiger charge is 2.07. The Morgan fingerprint density at radius 2 is 1.71 bits per heavy atom. The second kappa shape index (κ2) is 4.72. The summed E-state index contributed by atoms with van der Waals surface area (Å²) in [5, 5.41) is 0.584. The summed E-state index contributed by atoms with van der Waals surface area (Å²) in [6, 6.07) is 11.6. The topological polar surface area (TPSA) is 17.1 Å². The van der Waals surface area contributed by atoms with E-state index in [-0.39, 0.29) is 0 Å². The van der Waals surface area contributed by atoms with Crippen LogP contribution in [0.15, 0.2) is 36.4 Å². The molecule has 2 aromatic rings. The minimum Gasteiger partial charge on any atom is -0.298 e. The van der Waals surface area contributed by atoms with Gasteiger partial charge in [0.1, 0.15) is 0 Å². The van der Waals surface area contributed by atoms with Crippen molar-refractivity contribution in [3.8, 4) is 11.1 Å². The number of hydrogen-bond acceptors (Lipinski definition) is 1. The lowest BCUT2D eigenvalue weighted by molar-refractivity contribution is 0.112. The Morgan fingerprint density at radius 3 is 2.35 bits per heavy atom. The van der Waals surface area contributed by atoms with Gasteiger partial charge in [-0.2, -0.15) is 0 Å². The van der Waals surface area contributed by atoms with Crippen molar-refractivity contribution in [2.24, 2.45) is 0 Å². The van der Waals surface area contributed by atoms with E-state index in [0.29, 0.717) is 10.6 Å². The van der Waals surface area contributed by atoms with Gasteiger partial charge in [0.25, 0.3) is 0 Å². The highest BCUT2D eigenvalue weighted by molar-refractivity contribution is 6.31. The monoisotopic (exact) mass is 244 g/mol. The van der Waals surface area contributed by atoms with E-state index >= 15 is 0 Å². The lowest BCUT2D eigenvalue weighted by atomic mass is 9.95. The van der Waals surface area contributed by atoms with Gasteiger partial charge in [-0.05, 0) is 42.7 Å². The normalized spacial score (nSPS) is 10.3. The van der Waals surface area contributed by atoms with Crippen LogP contribution < -0.4 is 0 Å². The molecule has 0 aliphatic rings. The fraction of sp³-hybridized carbons (Fsp3) is 0.133. The lowest BCUT2D eigenvalue weighted by Crippen LogP contribution is -1.90. The molecule has 0 heterocycles. The molecule has 0 fully saturated rings. The second-order valence-electron chi connectivity index (χ2n) is 4.17. The predicted octanol–water partition coefficient (Wildman–Crippen LogP) is 4.44. The molecule has 2 aromatic carbocycles. The number of hydrogen-bond donors (Lipinski definition) is 0. The van der Waals surface area contributed by atoms with Crippen molar-refractivity contribution in [1.82, 2.24) is 0 Å². The molecule has 17 heavy (non-hydrogen) atoms. The van der Waals surface area contributed by atoms with E-state index in [1.54, 1.807) is 6.07 Å². The van der Waals surface area contributed by atoms with E-state index in [0.717, 1.165) is 23.0 Å². The zero-order valence-electron chi connectivity index (χ0n) is 9.83. The van der Waals surface area contributed by atoms with E-state index in [1.807, 2.05) is 31.2 Å². The predicted molar refractivity (Wildman–Crippen MR) is 71.7 cm³/mol. The van der Waals surface area contributed by atoms with Crippen molar-refractivity contribution in [2.75, 3.05) is 0 Å². The van der Waals surface area contributed by atoms with Crippen LogP contribution in [0.1, 0.15) is 21.5 Å². The highest BCUT2D eigenvalue weighted by Crippen LogP contribution is 2.28. The smallest absolute Gasteiger partial charge is 0.150 e. The van der Waals surface area contributed by atoms with Gasteiger partial charge in [-0.15, -0.1) is 0 Å². The number of aldehydes is 1. The number of carbonyl (C=O) groups is 1. The molecular formula is C15H13ClO. The van der Waals surface area contributed by atoms with Crippen molar-refractivity contribution < 1.29 is 4.79 Å². The molecule has 0 bridgehead atoms. The zero-order chi connectivity index (χ0) is 12.4. The molecule has 0 aliphatic heterocycles. The van der Waals surface area contributed by atoms with Gasteiger partial charge in [0.2, 0.25) is 0 Å². The van der Waals surface area contributed by atoms with Crippen LogP contribution in [-0.4, -0.2) is 6.29 Å². The Balaban J connectivity index is 2.63. The maximum absolute atomic E-state index is 11.1. The van der Waals surface area contributed by atoms with Crippen LogP contribution in [0, 0.1) is 13.8 Å². The average Bonchev–Trinajstić information content (AvgIpc) is 2.30. The summed E-state index contributed by atoms with van der Waals surface area (Å²) in [7, 11) is 0. The van der Waals surface area contributed by atoms with Gasteiger partial charge in [-0.3, -0.25) is 4.79 Å². The molecule has 0 saturated carbocycles. The molecule has 86 valence electrons. The molecule has 2 rings (SSSR count). The average molecular weight is 245 g/mol. The van der Waals surface area contributed by atoms with Crippen LogP contribution >= 0.6 is 11.6 Å². The number of halogens is 1. The molecular weight excluding hydrogens is 232 g/mol. The summed E-state index contributed by atoms with van der Waals surface area (Å²) in [5.41, 5.74) is 5.02. The van der Waals surface area contributed by atoms with Gasteiger partial charge in [0.05, 0.1) is 0 Å². The van der Waals surface area contributed by atoms with Gasteiger partial charge < -0.3 is 0 Å². The maximum Gasteiger partial charge on any atom is 0.150 e. The van der Waals surface area contributed by atoms with Crippen molar-refractivity contribution in [3.63, 3.8) is 0 Å². The first-order valence-electron chi connectivity index (χ1n) is 5.44. The summed E-state index contributed by atoms with van der Waals surface area (Å²) in [4.78, 5) is 11.1. The Bertz CT molecular complexity index is 573. The first kappa shape index (κ1) is 11.9. The third-order valence-corrected chi connectivity index (χ3v) is 3.05. The third kappa shape index (κ3) is 2.40. The van der Waals surface area contributed by atoms with Gasteiger partial charge in [0, 0.05) is 10.6 Å². The van der Waals surface area contributed by atoms with Crippen LogP contribution in [0.5, 0.6) is 0 Å². The van der Waals surface area contributed by atoms with Crippen LogP contribution in [0.3, 0.4) is 0 Å². The molecule has 0 radical (unpaired) electrons. The highest BCUT2D eigenvalue weighted by atomic mass is 35.5. The molecule has 0 unspecified atom stereocenters. The van der Waals surface area contributed by atoms with Crippen LogP contribution in [-0.2, 0) is 0 Å². The molecule has 0 saturated heterocycles. The SMILES string of the molecule is Cc1ccc(-c2ccc(Cl)cc2C=O)c(C)c1. The minimum atomic E-state index is 0.584. The van der Waals surface area contributed by atoms with E-state index in [4.69, 9.17) is 11.6 Å². The van der Waals surface area contributed by atoms with Crippen LogP contribution in [0.4, 0.5) is 0 Å². The van der Waals surface area contributed by atoms with E-state index in [2.05, 4.69) is 13.0 Å². The van der Waals surface area contributed by atoms with E-state index in [1.165, 1.54) is 5.56 Å². The molecule has 0 N–H and O–H groups in total. The fourth-order valence-electron chi connectivity index (χ4n) is 1.99. The molecule has 1 nitrogen and oxygen atoms in total. The molecule has 0 spiro atoms. The molecule has 0 aliphatic carbocycles. The summed E-state index contributed by atoms with van der Waals surface area (Å²) in [6.45, 7) is 4.10. The summed E-state index contributed by atoms with van der Waals surface area (Å²) >= 11 is 5.89. The summed E-state index contributed by atoms with van der Waals surface area (Å²) in [6.07, 6.45) is 0.848. The second-order valence-corrected chi connectivity index (χ2v) is 4.60. The molecule has 0 aromatic heterocycles. The van der Waals surface area contributed by atoms with Gasteiger partial charge in [0.15, 0.2) is 6.29 Å². The first-order chi connectivity index (χ1) is 8.11. The standard InChI is InChI=1S/C15H13ClO/c1-10-3-5-14(11(2)7-10)15-6-4-13(16)8-12(15)9-17/h3-9H,1-2H3. The largest absolute Gasteiger partial charge is 0.298 e. The van der Waals surface area contributed by atoms with Crippen molar-refractivity contribution in [2.45, 2.75) is 13.8 Å². The Morgan fingerprint density at radius 1 is 1.00 bits per heavy atom. The number of aryl methyl sites for hydroxylation is 2. The zero-order valence-corrected chi connectivity index (χ0v) is 10.6. The lowest BCUT2D eigenvalue weighted by Gasteiger charge is -2.09. The van der Waals surface area contributed by atoms with Gasteiger partial charge >= 0.3 is 0 Å². The van der Waals surface area contributed by atoms with Crippen LogP contribution in [0.2, 0.25) is 5.02 Å². The molecule has 0 atom stereocenters. The Kier molecular flexibility index (Phi) is 3.30. The quantitative estimate of drug-likeness (QED) is 0.714. The fourth-order valence-corrected chi connectivity index (χ4v) is 2.17. The third-order valence-electron chi connectivity index (χ3n) is 2.81. The van der Waals surface area contributed by atoms with E-state index in [9.17, 15) is 4.79 Å². The number of rotatable bonds is 2. The van der Waals surface area contributed by atoms with E-state index < -0.39 is 0 Å². The van der Waals surface area contributed by atoms with Crippen LogP contribution in [0.25, 0.3) is 11.1 Å².